The zero-order valence-electron chi connectivity index (χ0n) is 11.5. The second kappa shape index (κ2) is 7.13. The molecule has 20 heavy (non-hydrogen) atoms. The van der Waals surface area contributed by atoms with Gasteiger partial charge in [-0.2, -0.15) is 0 Å². The van der Waals surface area contributed by atoms with Crippen molar-refractivity contribution in [1.29, 1.82) is 0 Å². The van der Waals surface area contributed by atoms with E-state index < -0.39 is 5.97 Å². The molecule has 1 atom stereocenters. The van der Waals surface area contributed by atoms with Crippen LogP contribution in [0.1, 0.15) is 42.3 Å². The molecule has 1 aliphatic rings. The largest absolute Gasteiger partial charge is 0.477 e. The third-order valence-corrected chi connectivity index (χ3v) is 5.49. The number of hydrogen-bond donors (Lipinski definition) is 1. The fraction of sp³-hybridized carbons (Fsp3) is 0.571. The molecule has 2 rings (SSSR count). The Morgan fingerprint density at radius 2 is 1.95 bits per heavy atom. The van der Waals surface area contributed by atoms with Crippen molar-refractivity contribution in [1.82, 2.24) is 4.90 Å². The Hall–Kier alpha value is -1.01. The highest BCUT2D eigenvalue weighted by Crippen LogP contribution is 2.29. The van der Waals surface area contributed by atoms with Crippen LogP contribution in [0.3, 0.4) is 0 Å². The summed E-state index contributed by atoms with van der Waals surface area (Å²) in [5.74, 6) is -0.742. The van der Waals surface area contributed by atoms with E-state index in [2.05, 4.69) is 0 Å². The number of carboxylic acid groups (broad SMARTS) is 1. The number of thiophene rings is 1. The molecule has 0 aromatic carbocycles. The molecule has 0 radical (unpaired) electrons. The zero-order chi connectivity index (χ0) is 14.5. The second-order valence-corrected chi connectivity index (χ2v) is 7.28. The van der Waals surface area contributed by atoms with Crippen LogP contribution in [0, 0.1) is 0 Å². The van der Waals surface area contributed by atoms with Crippen molar-refractivity contribution in [2.45, 2.75) is 42.8 Å². The van der Waals surface area contributed by atoms with E-state index in [4.69, 9.17) is 5.11 Å². The zero-order valence-corrected chi connectivity index (χ0v) is 13.1. The molecule has 1 amide bonds. The molecule has 110 valence electrons. The van der Waals surface area contributed by atoms with E-state index in [0.717, 1.165) is 30.8 Å². The lowest BCUT2D eigenvalue weighted by atomic mass is 10.2. The first-order valence-corrected chi connectivity index (χ1v) is 8.61. The average molecular weight is 313 g/mol. The molecule has 0 spiro atoms. The van der Waals surface area contributed by atoms with E-state index in [9.17, 15) is 9.59 Å². The third-order valence-electron chi connectivity index (χ3n) is 3.36. The Morgan fingerprint density at radius 1 is 1.30 bits per heavy atom. The van der Waals surface area contributed by atoms with Gasteiger partial charge in [-0.05, 0) is 25.8 Å². The van der Waals surface area contributed by atoms with Gasteiger partial charge in [-0.3, -0.25) is 4.79 Å². The Kier molecular flexibility index (Phi) is 5.48. The van der Waals surface area contributed by atoms with E-state index in [-0.39, 0.29) is 11.2 Å². The van der Waals surface area contributed by atoms with Crippen molar-refractivity contribution in [2.24, 2.45) is 0 Å². The number of carbonyl (C=O) groups excluding carboxylic acids is 1. The van der Waals surface area contributed by atoms with Crippen LogP contribution < -0.4 is 0 Å². The molecule has 0 saturated carbocycles. The molecule has 1 saturated heterocycles. The number of aromatic carboxylic acids is 1. The van der Waals surface area contributed by atoms with E-state index in [1.807, 2.05) is 11.8 Å². The first kappa shape index (κ1) is 15.4. The summed E-state index contributed by atoms with van der Waals surface area (Å²) >= 11 is 2.65. The first-order valence-electron chi connectivity index (χ1n) is 6.85. The maximum Gasteiger partial charge on any atom is 0.345 e. The Labute approximate surface area is 127 Å². The number of amides is 1. The summed E-state index contributed by atoms with van der Waals surface area (Å²) in [6.45, 7) is 3.61. The number of hydrogen-bond acceptors (Lipinski definition) is 4. The predicted molar refractivity (Wildman–Crippen MR) is 81.6 cm³/mol. The molecule has 1 aromatic heterocycles. The van der Waals surface area contributed by atoms with Crippen molar-refractivity contribution in [3.63, 3.8) is 0 Å². The fourth-order valence-electron chi connectivity index (χ4n) is 2.30. The van der Waals surface area contributed by atoms with Crippen LogP contribution in [-0.2, 0) is 4.79 Å². The summed E-state index contributed by atoms with van der Waals surface area (Å²) in [5, 5.41) is 10.5. The number of likely N-dealkylation sites (tertiary alicyclic amines) is 1. The maximum absolute atomic E-state index is 12.4. The number of thioether (sulfide) groups is 1. The van der Waals surface area contributed by atoms with Crippen molar-refractivity contribution in [3.05, 3.63) is 16.3 Å². The fourth-order valence-corrected chi connectivity index (χ4v) is 4.19. The molecule has 0 aliphatic carbocycles. The number of rotatable bonds is 4. The van der Waals surface area contributed by atoms with Gasteiger partial charge in [0.1, 0.15) is 4.88 Å². The highest BCUT2D eigenvalue weighted by Gasteiger charge is 2.22. The van der Waals surface area contributed by atoms with Crippen LogP contribution in [0.25, 0.3) is 0 Å². The predicted octanol–water partition coefficient (Wildman–Crippen LogP) is 3.33. The van der Waals surface area contributed by atoms with Crippen molar-refractivity contribution in [3.8, 4) is 0 Å². The Balaban J connectivity index is 1.93. The van der Waals surface area contributed by atoms with Gasteiger partial charge in [0, 0.05) is 23.4 Å². The van der Waals surface area contributed by atoms with Gasteiger partial charge in [0.05, 0.1) is 5.25 Å². The Bertz CT molecular complexity index is 479. The highest BCUT2D eigenvalue weighted by molar-refractivity contribution is 8.00. The number of carboxylic acids is 1. The van der Waals surface area contributed by atoms with Gasteiger partial charge in [0.2, 0.25) is 5.91 Å². The highest BCUT2D eigenvalue weighted by atomic mass is 32.2. The third kappa shape index (κ3) is 3.99. The smallest absolute Gasteiger partial charge is 0.345 e. The molecule has 2 heterocycles. The van der Waals surface area contributed by atoms with Crippen molar-refractivity contribution < 1.29 is 14.7 Å². The van der Waals surface area contributed by atoms with Gasteiger partial charge in [0.25, 0.3) is 0 Å². The second-order valence-electron chi connectivity index (χ2n) is 4.95. The Morgan fingerprint density at radius 3 is 2.50 bits per heavy atom. The monoisotopic (exact) mass is 313 g/mol. The molecular weight excluding hydrogens is 294 g/mol. The van der Waals surface area contributed by atoms with E-state index in [1.54, 1.807) is 11.4 Å². The van der Waals surface area contributed by atoms with E-state index in [0.29, 0.717) is 4.88 Å². The molecule has 1 unspecified atom stereocenters. The van der Waals surface area contributed by atoms with Gasteiger partial charge < -0.3 is 10.0 Å². The first-order chi connectivity index (χ1) is 9.58. The summed E-state index contributed by atoms with van der Waals surface area (Å²) in [6, 6.07) is 1.64. The minimum atomic E-state index is -0.909. The molecule has 1 fully saturated rings. The van der Waals surface area contributed by atoms with E-state index in [1.165, 1.54) is 35.9 Å². The summed E-state index contributed by atoms with van der Waals surface area (Å²) < 4.78 is 0. The molecule has 1 aromatic rings. The van der Waals surface area contributed by atoms with Gasteiger partial charge >= 0.3 is 5.97 Å². The van der Waals surface area contributed by atoms with Crippen LogP contribution >= 0.6 is 23.1 Å². The van der Waals surface area contributed by atoms with Crippen molar-refractivity contribution in [2.75, 3.05) is 13.1 Å². The van der Waals surface area contributed by atoms with Crippen molar-refractivity contribution >= 4 is 35.0 Å². The van der Waals surface area contributed by atoms with Gasteiger partial charge in [0.15, 0.2) is 0 Å². The molecular formula is C14H19NO3S2. The normalized spacial score (nSPS) is 17.6. The molecule has 0 bridgehead atoms. The van der Waals surface area contributed by atoms with Crippen LogP contribution in [0.5, 0.6) is 0 Å². The summed E-state index contributed by atoms with van der Waals surface area (Å²) in [7, 11) is 0. The van der Waals surface area contributed by atoms with Crippen LogP contribution in [-0.4, -0.2) is 40.2 Å². The van der Waals surface area contributed by atoms with Gasteiger partial charge in [-0.1, -0.05) is 12.8 Å². The number of nitrogens with zero attached hydrogens (tertiary/aromatic N) is 1. The molecule has 6 heteroatoms. The lowest BCUT2D eigenvalue weighted by Crippen LogP contribution is -2.37. The van der Waals surface area contributed by atoms with Crippen LogP contribution in [0.4, 0.5) is 0 Å². The topological polar surface area (TPSA) is 57.6 Å². The van der Waals surface area contributed by atoms with Gasteiger partial charge in [-0.25, -0.2) is 4.79 Å². The summed E-state index contributed by atoms with van der Waals surface area (Å²) in [6.07, 6.45) is 4.59. The molecule has 4 nitrogen and oxygen atoms in total. The molecule has 1 N–H and O–H groups in total. The summed E-state index contributed by atoms with van der Waals surface area (Å²) in [4.78, 5) is 26.4. The van der Waals surface area contributed by atoms with Crippen LogP contribution in [0.2, 0.25) is 0 Å². The summed E-state index contributed by atoms with van der Waals surface area (Å²) in [5.41, 5.74) is 0. The quantitative estimate of drug-likeness (QED) is 0.866. The lowest BCUT2D eigenvalue weighted by Gasteiger charge is -2.23. The minimum absolute atomic E-state index is 0.163. The number of carbonyl (C=O) groups is 2. The molecule has 1 aliphatic heterocycles. The van der Waals surface area contributed by atoms with Crippen LogP contribution in [0.15, 0.2) is 16.3 Å². The lowest BCUT2D eigenvalue weighted by molar-refractivity contribution is -0.130. The van der Waals surface area contributed by atoms with E-state index >= 15 is 0 Å². The SMILES string of the molecule is CC(Sc1csc(C(=O)O)c1)C(=O)N1CCCCCC1. The van der Waals surface area contributed by atoms with Gasteiger partial charge in [-0.15, -0.1) is 23.1 Å². The average Bonchev–Trinajstić information content (AvgIpc) is 2.72. The minimum Gasteiger partial charge on any atom is -0.477 e. The standard InChI is InChI=1S/C14H19NO3S2/c1-10(13(16)15-6-4-2-3-5-7-15)20-11-8-12(14(17)18)19-9-11/h8-10H,2-7H2,1H3,(H,17,18). The maximum atomic E-state index is 12.4.